The minimum absolute atomic E-state index is 0.149. The number of aromatic nitrogens is 2. The average Bonchev–Trinajstić information content (AvgIpc) is 3.29. The number of benzene rings is 1. The second kappa shape index (κ2) is 7.59. The standard InChI is InChI=1S/C19H16ClN3O4/c1-12(2)22-11-13(10-21-22)18(24)7-4-15-5-8-19(27-15)16-6-3-14(20)9-17(16)23(25)26/h3-12H,1-2H3. The second-order valence-corrected chi connectivity index (χ2v) is 6.56. The van der Waals surface area contributed by atoms with E-state index >= 15 is 0 Å². The Bertz CT molecular complexity index is 1030. The molecule has 0 aliphatic carbocycles. The third kappa shape index (κ3) is 4.15. The van der Waals surface area contributed by atoms with Crippen LogP contribution in [0.5, 0.6) is 0 Å². The molecule has 138 valence electrons. The van der Waals surface area contributed by atoms with Crippen LogP contribution in [0, 0.1) is 10.1 Å². The van der Waals surface area contributed by atoms with Crippen molar-refractivity contribution in [3.63, 3.8) is 0 Å². The van der Waals surface area contributed by atoms with Gasteiger partial charge in [0.05, 0.1) is 22.2 Å². The topological polar surface area (TPSA) is 91.2 Å². The van der Waals surface area contributed by atoms with Gasteiger partial charge in [-0.1, -0.05) is 11.6 Å². The molecular formula is C19H16ClN3O4. The van der Waals surface area contributed by atoms with Crippen molar-refractivity contribution >= 4 is 29.1 Å². The van der Waals surface area contributed by atoms with E-state index in [0.29, 0.717) is 22.6 Å². The zero-order chi connectivity index (χ0) is 19.6. The van der Waals surface area contributed by atoms with Gasteiger partial charge in [0.15, 0.2) is 5.78 Å². The second-order valence-electron chi connectivity index (χ2n) is 6.12. The fourth-order valence-electron chi connectivity index (χ4n) is 2.45. The summed E-state index contributed by atoms with van der Waals surface area (Å²) in [5, 5.41) is 15.6. The molecule has 27 heavy (non-hydrogen) atoms. The van der Waals surface area contributed by atoms with Crippen molar-refractivity contribution < 1.29 is 14.1 Å². The van der Waals surface area contributed by atoms with Gasteiger partial charge in [-0.05, 0) is 50.3 Å². The van der Waals surface area contributed by atoms with Gasteiger partial charge in [-0.25, -0.2) is 0 Å². The minimum Gasteiger partial charge on any atom is -0.456 e. The Morgan fingerprint density at radius 2 is 2.11 bits per heavy atom. The summed E-state index contributed by atoms with van der Waals surface area (Å²) in [5.41, 5.74) is 0.637. The summed E-state index contributed by atoms with van der Waals surface area (Å²) >= 11 is 5.83. The molecule has 0 bridgehead atoms. The van der Waals surface area contributed by atoms with E-state index in [2.05, 4.69) is 5.10 Å². The molecule has 0 fully saturated rings. The van der Waals surface area contributed by atoms with Crippen LogP contribution in [0.15, 0.2) is 53.2 Å². The molecule has 0 aliphatic heterocycles. The summed E-state index contributed by atoms with van der Waals surface area (Å²) in [6.45, 7) is 3.94. The Kier molecular flexibility index (Phi) is 5.23. The van der Waals surface area contributed by atoms with Crippen LogP contribution < -0.4 is 0 Å². The molecule has 0 saturated carbocycles. The number of rotatable bonds is 6. The molecule has 0 atom stereocenters. The molecule has 2 heterocycles. The summed E-state index contributed by atoms with van der Waals surface area (Å²) in [5.74, 6) is 0.509. The van der Waals surface area contributed by atoms with E-state index in [1.807, 2.05) is 13.8 Å². The molecule has 3 aromatic rings. The molecule has 2 aromatic heterocycles. The fourth-order valence-corrected chi connectivity index (χ4v) is 2.62. The molecule has 1 aromatic carbocycles. The maximum absolute atomic E-state index is 12.2. The zero-order valence-corrected chi connectivity index (χ0v) is 15.4. The molecule has 0 saturated heterocycles. The fraction of sp³-hybridized carbons (Fsp3) is 0.158. The molecule has 0 aliphatic rings. The quantitative estimate of drug-likeness (QED) is 0.252. The molecule has 3 rings (SSSR count). The number of carbonyl (C=O) groups is 1. The largest absolute Gasteiger partial charge is 0.456 e. The van der Waals surface area contributed by atoms with Crippen LogP contribution in [0.4, 0.5) is 5.69 Å². The van der Waals surface area contributed by atoms with Crippen LogP contribution in [-0.2, 0) is 0 Å². The first kappa shape index (κ1) is 18.6. The zero-order valence-electron chi connectivity index (χ0n) is 14.6. The van der Waals surface area contributed by atoms with Crippen LogP contribution in [-0.4, -0.2) is 20.5 Å². The summed E-state index contributed by atoms with van der Waals surface area (Å²) in [6.07, 6.45) is 6.08. The molecule has 0 unspecified atom stereocenters. The van der Waals surface area contributed by atoms with Crippen molar-refractivity contribution in [2.75, 3.05) is 0 Å². The highest BCUT2D eigenvalue weighted by Gasteiger charge is 2.18. The molecule has 0 N–H and O–H groups in total. The van der Waals surface area contributed by atoms with Crippen LogP contribution in [0.25, 0.3) is 17.4 Å². The Morgan fingerprint density at radius 3 is 2.78 bits per heavy atom. The summed E-state index contributed by atoms with van der Waals surface area (Å²) < 4.78 is 7.32. The highest BCUT2D eigenvalue weighted by Crippen LogP contribution is 2.33. The van der Waals surface area contributed by atoms with E-state index in [0.717, 1.165) is 0 Å². The summed E-state index contributed by atoms with van der Waals surface area (Å²) in [4.78, 5) is 22.9. The van der Waals surface area contributed by atoms with E-state index in [4.69, 9.17) is 16.0 Å². The molecular weight excluding hydrogens is 370 g/mol. The lowest BCUT2D eigenvalue weighted by molar-refractivity contribution is -0.384. The Labute approximate surface area is 160 Å². The monoisotopic (exact) mass is 385 g/mol. The van der Waals surface area contributed by atoms with Crippen LogP contribution in [0.3, 0.4) is 0 Å². The smallest absolute Gasteiger partial charge is 0.281 e. The van der Waals surface area contributed by atoms with Gasteiger partial charge in [-0.2, -0.15) is 5.10 Å². The Hall–Kier alpha value is -3.19. The van der Waals surface area contributed by atoms with Crippen molar-refractivity contribution in [3.8, 4) is 11.3 Å². The van der Waals surface area contributed by atoms with E-state index in [-0.39, 0.29) is 22.5 Å². The van der Waals surface area contributed by atoms with Gasteiger partial charge < -0.3 is 4.42 Å². The van der Waals surface area contributed by atoms with Crippen LogP contribution >= 0.6 is 11.6 Å². The lowest BCUT2D eigenvalue weighted by Gasteiger charge is -2.02. The number of hydrogen-bond donors (Lipinski definition) is 0. The summed E-state index contributed by atoms with van der Waals surface area (Å²) in [6, 6.07) is 7.76. The van der Waals surface area contributed by atoms with Gasteiger partial charge in [0, 0.05) is 23.3 Å². The number of hydrogen-bond acceptors (Lipinski definition) is 5. The van der Waals surface area contributed by atoms with Crippen LogP contribution in [0.2, 0.25) is 5.02 Å². The van der Waals surface area contributed by atoms with E-state index in [1.54, 1.807) is 29.1 Å². The average molecular weight is 386 g/mol. The van der Waals surface area contributed by atoms with Gasteiger partial charge in [0.1, 0.15) is 11.5 Å². The van der Waals surface area contributed by atoms with Gasteiger partial charge in [0.2, 0.25) is 0 Å². The highest BCUT2D eigenvalue weighted by atomic mass is 35.5. The molecule has 0 radical (unpaired) electrons. The maximum atomic E-state index is 12.2. The minimum atomic E-state index is -0.519. The number of ketones is 1. The van der Waals surface area contributed by atoms with E-state index in [1.165, 1.54) is 30.5 Å². The van der Waals surface area contributed by atoms with Crippen molar-refractivity contribution in [3.05, 3.63) is 75.3 Å². The van der Waals surface area contributed by atoms with Gasteiger partial charge in [-0.15, -0.1) is 0 Å². The number of nitro benzene ring substituents is 1. The normalized spacial score (nSPS) is 11.4. The third-order valence-corrected chi connectivity index (χ3v) is 4.10. The third-order valence-electron chi connectivity index (χ3n) is 3.86. The lowest BCUT2D eigenvalue weighted by Crippen LogP contribution is -2.00. The van der Waals surface area contributed by atoms with Crippen molar-refractivity contribution in [2.24, 2.45) is 0 Å². The number of halogens is 1. The first-order valence-electron chi connectivity index (χ1n) is 8.16. The summed E-state index contributed by atoms with van der Waals surface area (Å²) in [7, 11) is 0. The molecule has 0 spiro atoms. The number of carbonyl (C=O) groups excluding carboxylic acids is 1. The van der Waals surface area contributed by atoms with E-state index < -0.39 is 4.92 Å². The number of allylic oxidation sites excluding steroid dienone is 1. The van der Waals surface area contributed by atoms with Gasteiger partial charge in [0.25, 0.3) is 5.69 Å². The molecule has 8 heteroatoms. The van der Waals surface area contributed by atoms with Crippen LogP contribution in [0.1, 0.15) is 36.0 Å². The first-order chi connectivity index (χ1) is 12.8. The number of nitrogens with zero attached hydrogens (tertiary/aromatic N) is 3. The molecule has 0 amide bonds. The number of nitro groups is 1. The lowest BCUT2D eigenvalue weighted by atomic mass is 10.1. The maximum Gasteiger partial charge on any atom is 0.281 e. The highest BCUT2D eigenvalue weighted by molar-refractivity contribution is 6.30. The van der Waals surface area contributed by atoms with Gasteiger partial charge in [-0.3, -0.25) is 19.6 Å². The first-order valence-corrected chi connectivity index (χ1v) is 8.53. The SMILES string of the molecule is CC(C)n1cc(C(=O)C=Cc2ccc(-c3ccc(Cl)cc3[N+](=O)[O-])o2)cn1. The van der Waals surface area contributed by atoms with Crippen molar-refractivity contribution in [2.45, 2.75) is 19.9 Å². The van der Waals surface area contributed by atoms with Crippen molar-refractivity contribution in [1.82, 2.24) is 9.78 Å². The van der Waals surface area contributed by atoms with Gasteiger partial charge >= 0.3 is 0 Å². The van der Waals surface area contributed by atoms with Crippen molar-refractivity contribution in [1.29, 1.82) is 0 Å². The Morgan fingerprint density at radius 1 is 1.33 bits per heavy atom. The number of furan rings is 1. The predicted molar refractivity (Wildman–Crippen MR) is 102 cm³/mol. The molecule has 7 nitrogen and oxygen atoms in total. The Balaban J connectivity index is 1.81. The van der Waals surface area contributed by atoms with E-state index in [9.17, 15) is 14.9 Å². The predicted octanol–water partition coefficient (Wildman–Crippen LogP) is 5.18.